The monoisotopic (exact) mass is 210 g/mol. The molecule has 0 radical (unpaired) electrons. The van der Waals surface area contributed by atoms with E-state index in [1.54, 1.807) is 31.5 Å². The molecule has 4 nitrogen and oxygen atoms in total. The van der Waals surface area contributed by atoms with Crippen molar-refractivity contribution in [3.05, 3.63) is 30.1 Å². The molecule has 74 valence electrons. The van der Waals surface area contributed by atoms with Crippen LogP contribution in [0, 0.1) is 0 Å². The molecule has 1 aromatic heterocycles. The van der Waals surface area contributed by atoms with E-state index in [4.69, 9.17) is 5.11 Å². The Morgan fingerprint density at radius 1 is 1.57 bits per heavy atom. The van der Waals surface area contributed by atoms with Crippen molar-refractivity contribution in [3.63, 3.8) is 0 Å². The standard InChI is InChI=1S/C9H10N2O2S/c1-7(8(12)13)3-6-14-9-10-4-2-5-11-9/h2-5H,6H2,1H3,(H,12,13). The Morgan fingerprint density at radius 2 is 2.21 bits per heavy atom. The van der Waals surface area contributed by atoms with Crippen LogP contribution in [-0.2, 0) is 4.79 Å². The van der Waals surface area contributed by atoms with Crippen molar-refractivity contribution in [2.24, 2.45) is 0 Å². The summed E-state index contributed by atoms with van der Waals surface area (Å²) in [7, 11) is 0. The van der Waals surface area contributed by atoms with E-state index in [2.05, 4.69) is 9.97 Å². The highest BCUT2D eigenvalue weighted by Crippen LogP contribution is 2.11. The number of thioether (sulfide) groups is 1. The van der Waals surface area contributed by atoms with Crippen LogP contribution in [0.2, 0.25) is 0 Å². The quantitative estimate of drug-likeness (QED) is 0.464. The molecule has 0 aromatic carbocycles. The lowest BCUT2D eigenvalue weighted by molar-refractivity contribution is -0.132. The molecule has 0 saturated heterocycles. The largest absolute Gasteiger partial charge is 0.478 e. The summed E-state index contributed by atoms with van der Waals surface area (Å²) in [6.07, 6.45) is 4.95. The molecule has 0 amide bonds. The van der Waals surface area contributed by atoms with Crippen molar-refractivity contribution in [3.8, 4) is 0 Å². The van der Waals surface area contributed by atoms with Crippen molar-refractivity contribution >= 4 is 17.7 Å². The zero-order valence-electron chi connectivity index (χ0n) is 7.67. The highest BCUT2D eigenvalue weighted by molar-refractivity contribution is 7.99. The molecule has 0 atom stereocenters. The average molecular weight is 210 g/mol. The second kappa shape index (κ2) is 5.39. The molecular formula is C9H10N2O2S. The van der Waals surface area contributed by atoms with Crippen molar-refractivity contribution in [2.75, 3.05) is 5.75 Å². The van der Waals surface area contributed by atoms with E-state index >= 15 is 0 Å². The summed E-state index contributed by atoms with van der Waals surface area (Å²) in [4.78, 5) is 18.4. The van der Waals surface area contributed by atoms with E-state index < -0.39 is 5.97 Å². The van der Waals surface area contributed by atoms with Gasteiger partial charge in [-0.1, -0.05) is 17.8 Å². The Bertz CT molecular complexity index is 338. The fraction of sp³-hybridized carbons (Fsp3) is 0.222. The van der Waals surface area contributed by atoms with Gasteiger partial charge in [0.15, 0.2) is 5.16 Å². The van der Waals surface area contributed by atoms with E-state index in [-0.39, 0.29) is 0 Å². The first-order valence-electron chi connectivity index (χ1n) is 4.00. The first-order valence-corrected chi connectivity index (χ1v) is 4.98. The highest BCUT2D eigenvalue weighted by Gasteiger charge is 1.99. The number of carbonyl (C=O) groups is 1. The van der Waals surface area contributed by atoms with Gasteiger partial charge in [-0.25, -0.2) is 14.8 Å². The molecule has 1 heterocycles. The van der Waals surface area contributed by atoms with E-state index in [9.17, 15) is 4.79 Å². The summed E-state index contributed by atoms with van der Waals surface area (Å²) in [6, 6.07) is 1.74. The Hall–Kier alpha value is -1.36. The first kappa shape index (κ1) is 10.7. The third kappa shape index (κ3) is 3.57. The van der Waals surface area contributed by atoms with Crippen LogP contribution in [0.5, 0.6) is 0 Å². The van der Waals surface area contributed by atoms with Crippen LogP contribution in [-0.4, -0.2) is 26.8 Å². The van der Waals surface area contributed by atoms with E-state index in [0.717, 1.165) is 0 Å². The maximum absolute atomic E-state index is 10.4. The Kier molecular flexibility index (Phi) is 4.12. The van der Waals surface area contributed by atoms with Crippen LogP contribution >= 0.6 is 11.8 Å². The third-order valence-corrected chi connectivity index (χ3v) is 2.28. The van der Waals surface area contributed by atoms with Crippen LogP contribution in [0.1, 0.15) is 6.92 Å². The molecule has 14 heavy (non-hydrogen) atoms. The number of hydrogen-bond donors (Lipinski definition) is 1. The van der Waals surface area contributed by atoms with Gasteiger partial charge in [0, 0.05) is 23.7 Å². The Balaban J connectivity index is 2.43. The lowest BCUT2D eigenvalue weighted by atomic mass is 10.3. The Morgan fingerprint density at radius 3 is 2.79 bits per heavy atom. The summed E-state index contributed by atoms with van der Waals surface area (Å²) in [5, 5.41) is 9.22. The number of aliphatic carboxylic acids is 1. The van der Waals surface area contributed by atoms with Gasteiger partial charge < -0.3 is 5.11 Å². The average Bonchev–Trinajstić information content (AvgIpc) is 2.19. The van der Waals surface area contributed by atoms with Gasteiger partial charge in [-0.15, -0.1) is 0 Å². The minimum atomic E-state index is -0.889. The van der Waals surface area contributed by atoms with Gasteiger partial charge >= 0.3 is 5.97 Å². The fourth-order valence-electron chi connectivity index (χ4n) is 0.688. The molecule has 0 unspecified atom stereocenters. The van der Waals surface area contributed by atoms with Gasteiger partial charge in [-0.2, -0.15) is 0 Å². The number of carboxylic acid groups (broad SMARTS) is 1. The SMILES string of the molecule is CC(=CCSc1ncccn1)C(=O)O. The third-order valence-electron chi connectivity index (χ3n) is 1.48. The molecule has 1 N–H and O–H groups in total. The molecular weight excluding hydrogens is 200 g/mol. The molecule has 1 aromatic rings. The fourth-order valence-corrected chi connectivity index (χ4v) is 1.44. The highest BCUT2D eigenvalue weighted by atomic mass is 32.2. The van der Waals surface area contributed by atoms with Crippen LogP contribution in [0.3, 0.4) is 0 Å². The van der Waals surface area contributed by atoms with Gasteiger partial charge in [-0.05, 0) is 13.0 Å². The Labute approximate surface area is 86.1 Å². The van der Waals surface area contributed by atoms with Crippen molar-refractivity contribution < 1.29 is 9.90 Å². The lowest BCUT2D eigenvalue weighted by Crippen LogP contribution is -1.96. The van der Waals surface area contributed by atoms with Gasteiger partial charge in [0.05, 0.1) is 0 Å². The van der Waals surface area contributed by atoms with Crippen LogP contribution in [0.4, 0.5) is 0 Å². The molecule has 0 aliphatic rings. The second-order valence-corrected chi connectivity index (χ2v) is 3.52. The molecule has 1 rings (SSSR count). The number of hydrogen-bond acceptors (Lipinski definition) is 4. The maximum Gasteiger partial charge on any atom is 0.330 e. The molecule has 0 spiro atoms. The smallest absolute Gasteiger partial charge is 0.330 e. The summed E-state index contributed by atoms with van der Waals surface area (Å²) in [5.41, 5.74) is 0.341. The molecule has 0 saturated carbocycles. The second-order valence-electron chi connectivity index (χ2n) is 2.53. The van der Waals surface area contributed by atoms with Gasteiger partial charge in [0.2, 0.25) is 0 Å². The van der Waals surface area contributed by atoms with E-state index in [1.807, 2.05) is 0 Å². The molecule has 0 fully saturated rings. The summed E-state index contributed by atoms with van der Waals surface area (Å²) in [6.45, 7) is 1.56. The minimum Gasteiger partial charge on any atom is -0.478 e. The van der Waals surface area contributed by atoms with Gasteiger partial charge in [0.25, 0.3) is 0 Å². The van der Waals surface area contributed by atoms with Crippen molar-refractivity contribution in [1.29, 1.82) is 0 Å². The summed E-state index contributed by atoms with van der Waals surface area (Å²) >= 11 is 1.40. The van der Waals surface area contributed by atoms with Crippen LogP contribution in [0.25, 0.3) is 0 Å². The van der Waals surface area contributed by atoms with Crippen LogP contribution < -0.4 is 0 Å². The van der Waals surface area contributed by atoms with E-state index in [1.165, 1.54) is 11.8 Å². The number of carboxylic acids is 1. The molecule has 0 aliphatic heterocycles. The molecule has 0 bridgehead atoms. The predicted octanol–water partition coefficient (Wildman–Crippen LogP) is 1.60. The van der Waals surface area contributed by atoms with Crippen LogP contribution in [0.15, 0.2) is 35.3 Å². The van der Waals surface area contributed by atoms with Gasteiger partial charge in [-0.3, -0.25) is 0 Å². The number of rotatable bonds is 4. The minimum absolute atomic E-state index is 0.341. The lowest BCUT2D eigenvalue weighted by Gasteiger charge is -1.95. The van der Waals surface area contributed by atoms with Crippen molar-refractivity contribution in [1.82, 2.24) is 9.97 Å². The zero-order chi connectivity index (χ0) is 10.4. The van der Waals surface area contributed by atoms with E-state index in [0.29, 0.717) is 16.5 Å². The normalized spacial score (nSPS) is 11.4. The maximum atomic E-state index is 10.4. The predicted molar refractivity (Wildman–Crippen MR) is 54.1 cm³/mol. The first-order chi connectivity index (χ1) is 6.70. The number of aromatic nitrogens is 2. The van der Waals surface area contributed by atoms with Crippen molar-refractivity contribution in [2.45, 2.75) is 12.1 Å². The number of nitrogens with zero attached hydrogens (tertiary/aromatic N) is 2. The topological polar surface area (TPSA) is 63.1 Å². The molecule has 5 heteroatoms. The summed E-state index contributed by atoms with van der Waals surface area (Å²) < 4.78 is 0. The zero-order valence-corrected chi connectivity index (χ0v) is 8.49. The summed E-state index contributed by atoms with van der Waals surface area (Å²) in [5.74, 6) is -0.318. The molecule has 0 aliphatic carbocycles. The van der Waals surface area contributed by atoms with Gasteiger partial charge in [0.1, 0.15) is 0 Å².